The lowest BCUT2D eigenvalue weighted by atomic mass is 10.0. The molecule has 19 heavy (non-hydrogen) atoms. The first kappa shape index (κ1) is 16.0. The molecule has 108 valence electrons. The zero-order chi connectivity index (χ0) is 14.3. The molecule has 0 spiro atoms. The quantitative estimate of drug-likeness (QED) is 0.783. The summed E-state index contributed by atoms with van der Waals surface area (Å²) in [5.41, 5.74) is 7.44. The van der Waals surface area contributed by atoms with Crippen LogP contribution in [0.4, 0.5) is 0 Å². The van der Waals surface area contributed by atoms with Gasteiger partial charge in [-0.05, 0) is 33.4 Å². The highest BCUT2D eigenvalue weighted by Crippen LogP contribution is 2.24. The second kappa shape index (κ2) is 8.18. The summed E-state index contributed by atoms with van der Waals surface area (Å²) >= 11 is 0. The average molecular weight is 264 g/mol. The van der Waals surface area contributed by atoms with Gasteiger partial charge < -0.3 is 15.4 Å². The van der Waals surface area contributed by atoms with Crippen molar-refractivity contribution < 1.29 is 4.74 Å². The normalized spacial score (nSPS) is 14.4. The number of likely N-dealkylation sites (N-methyl/N-ethyl adjacent to an activating group) is 1. The summed E-state index contributed by atoms with van der Waals surface area (Å²) in [4.78, 5) is 2.33. The van der Waals surface area contributed by atoms with Crippen molar-refractivity contribution in [3.05, 3.63) is 29.8 Å². The Labute approximate surface area is 117 Å². The maximum atomic E-state index is 6.34. The largest absolute Gasteiger partial charge is 0.494 e. The van der Waals surface area contributed by atoms with Crippen LogP contribution in [0.25, 0.3) is 0 Å². The van der Waals surface area contributed by atoms with Crippen LogP contribution in [0, 0.1) is 0 Å². The van der Waals surface area contributed by atoms with E-state index in [4.69, 9.17) is 10.5 Å². The first-order valence-electron chi connectivity index (χ1n) is 7.27. The average Bonchev–Trinajstić information content (AvgIpc) is 2.39. The van der Waals surface area contributed by atoms with Gasteiger partial charge in [0.2, 0.25) is 0 Å². The summed E-state index contributed by atoms with van der Waals surface area (Å²) in [5.74, 6) is 0.911. The van der Waals surface area contributed by atoms with Gasteiger partial charge in [-0.3, -0.25) is 0 Å². The van der Waals surface area contributed by atoms with Crippen LogP contribution in [-0.2, 0) is 0 Å². The maximum Gasteiger partial charge on any atom is 0.124 e. The Kier molecular flexibility index (Phi) is 6.89. The number of para-hydroxylation sites is 1. The third kappa shape index (κ3) is 4.84. The molecule has 1 aromatic rings. The molecule has 2 atom stereocenters. The number of benzene rings is 1. The third-order valence-corrected chi connectivity index (χ3v) is 3.56. The molecule has 0 heterocycles. The van der Waals surface area contributed by atoms with Gasteiger partial charge in [0.1, 0.15) is 5.75 Å². The first-order valence-corrected chi connectivity index (χ1v) is 7.27. The Hall–Kier alpha value is -1.06. The van der Waals surface area contributed by atoms with Crippen LogP contribution in [0.5, 0.6) is 5.75 Å². The molecule has 0 amide bonds. The van der Waals surface area contributed by atoms with Gasteiger partial charge >= 0.3 is 0 Å². The van der Waals surface area contributed by atoms with E-state index in [1.165, 1.54) is 12.8 Å². The molecular weight excluding hydrogens is 236 g/mol. The van der Waals surface area contributed by atoms with E-state index in [0.717, 1.165) is 17.9 Å². The zero-order valence-electron chi connectivity index (χ0n) is 12.7. The van der Waals surface area contributed by atoms with E-state index >= 15 is 0 Å². The van der Waals surface area contributed by atoms with Crippen molar-refractivity contribution >= 4 is 0 Å². The van der Waals surface area contributed by atoms with Crippen molar-refractivity contribution in [1.82, 2.24) is 4.90 Å². The minimum atomic E-state index is -0.00736. The molecule has 1 aromatic carbocycles. The van der Waals surface area contributed by atoms with Gasteiger partial charge in [-0.15, -0.1) is 0 Å². The van der Waals surface area contributed by atoms with Gasteiger partial charge in [0.25, 0.3) is 0 Å². The van der Waals surface area contributed by atoms with Gasteiger partial charge in [0, 0.05) is 24.2 Å². The molecule has 0 bridgehead atoms. The highest BCUT2D eigenvalue weighted by Gasteiger charge is 2.16. The highest BCUT2D eigenvalue weighted by molar-refractivity contribution is 5.35. The molecule has 2 unspecified atom stereocenters. The van der Waals surface area contributed by atoms with Crippen LogP contribution < -0.4 is 10.5 Å². The van der Waals surface area contributed by atoms with Gasteiger partial charge in [0.05, 0.1) is 6.61 Å². The Balaban J connectivity index is 2.69. The summed E-state index contributed by atoms with van der Waals surface area (Å²) in [6.45, 7) is 7.99. The van der Waals surface area contributed by atoms with E-state index in [1.807, 2.05) is 25.1 Å². The van der Waals surface area contributed by atoms with Crippen molar-refractivity contribution in [3.8, 4) is 5.75 Å². The van der Waals surface area contributed by atoms with Crippen LogP contribution in [0.2, 0.25) is 0 Å². The predicted molar refractivity (Wildman–Crippen MR) is 81.5 cm³/mol. The van der Waals surface area contributed by atoms with E-state index in [-0.39, 0.29) is 6.04 Å². The molecule has 0 radical (unpaired) electrons. The van der Waals surface area contributed by atoms with Gasteiger partial charge in [-0.2, -0.15) is 0 Å². The summed E-state index contributed by atoms with van der Waals surface area (Å²) in [6, 6.07) is 8.63. The fourth-order valence-corrected chi connectivity index (χ4v) is 2.30. The molecule has 2 N–H and O–H groups in total. The summed E-state index contributed by atoms with van der Waals surface area (Å²) in [6.07, 6.45) is 2.41. The molecule has 1 rings (SSSR count). The van der Waals surface area contributed by atoms with E-state index in [9.17, 15) is 0 Å². The molecule has 0 saturated carbocycles. The molecule has 0 fully saturated rings. The number of nitrogens with zero attached hydrogens (tertiary/aromatic N) is 1. The molecule has 3 nitrogen and oxygen atoms in total. The second-order valence-electron chi connectivity index (χ2n) is 5.15. The Bertz CT molecular complexity index is 368. The molecule has 0 aliphatic rings. The number of rotatable bonds is 8. The van der Waals surface area contributed by atoms with E-state index < -0.39 is 0 Å². The van der Waals surface area contributed by atoms with Gasteiger partial charge in [-0.25, -0.2) is 0 Å². The topological polar surface area (TPSA) is 38.5 Å². The zero-order valence-corrected chi connectivity index (χ0v) is 12.7. The Morgan fingerprint density at radius 1 is 1.26 bits per heavy atom. The van der Waals surface area contributed by atoms with Crippen molar-refractivity contribution in [1.29, 1.82) is 0 Å². The first-order chi connectivity index (χ1) is 9.10. The fraction of sp³-hybridized carbons (Fsp3) is 0.625. The summed E-state index contributed by atoms with van der Waals surface area (Å²) < 4.78 is 5.65. The Morgan fingerprint density at radius 3 is 2.58 bits per heavy atom. The number of ether oxygens (including phenoxy) is 1. The van der Waals surface area contributed by atoms with Crippen LogP contribution in [0.3, 0.4) is 0 Å². The molecule has 0 saturated heterocycles. The van der Waals surface area contributed by atoms with E-state index in [0.29, 0.717) is 12.6 Å². The minimum absolute atomic E-state index is 0.00736. The number of nitrogens with two attached hydrogens (primary N) is 1. The highest BCUT2D eigenvalue weighted by atomic mass is 16.5. The SMILES string of the molecule is CCCC(C)N(C)CC(N)c1ccccc1OCC. The lowest BCUT2D eigenvalue weighted by Crippen LogP contribution is -2.35. The molecular formula is C16H28N2O. The smallest absolute Gasteiger partial charge is 0.124 e. The summed E-state index contributed by atoms with van der Waals surface area (Å²) in [5, 5.41) is 0. The van der Waals surface area contributed by atoms with Crippen molar-refractivity contribution in [2.75, 3.05) is 20.2 Å². The lowest BCUT2D eigenvalue weighted by molar-refractivity contribution is 0.229. The number of hydrogen-bond donors (Lipinski definition) is 1. The molecule has 0 aliphatic heterocycles. The summed E-state index contributed by atoms with van der Waals surface area (Å²) in [7, 11) is 2.14. The lowest BCUT2D eigenvalue weighted by Gasteiger charge is -2.28. The number of hydrogen-bond acceptors (Lipinski definition) is 3. The van der Waals surface area contributed by atoms with E-state index in [1.54, 1.807) is 0 Å². The molecule has 0 aliphatic carbocycles. The van der Waals surface area contributed by atoms with E-state index in [2.05, 4.69) is 31.9 Å². The van der Waals surface area contributed by atoms with Gasteiger partial charge in [-0.1, -0.05) is 31.5 Å². The van der Waals surface area contributed by atoms with Crippen molar-refractivity contribution in [3.63, 3.8) is 0 Å². The van der Waals surface area contributed by atoms with Gasteiger partial charge in [0.15, 0.2) is 0 Å². The second-order valence-corrected chi connectivity index (χ2v) is 5.15. The predicted octanol–water partition coefficient (Wildman–Crippen LogP) is 3.21. The van der Waals surface area contributed by atoms with Crippen LogP contribution in [0.15, 0.2) is 24.3 Å². The fourth-order valence-electron chi connectivity index (χ4n) is 2.30. The third-order valence-electron chi connectivity index (χ3n) is 3.56. The van der Waals surface area contributed by atoms with Crippen molar-refractivity contribution in [2.45, 2.75) is 45.7 Å². The standard InChI is InChI=1S/C16H28N2O/c1-5-9-13(3)18(4)12-15(17)14-10-7-8-11-16(14)19-6-2/h7-8,10-11,13,15H,5-6,9,12,17H2,1-4H3. The maximum absolute atomic E-state index is 6.34. The van der Waals surface area contributed by atoms with Crippen LogP contribution in [0.1, 0.15) is 45.2 Å². The van der Waals surface area contributed by atoms with Crippen LogP contribution in [-0.4, -0.2) is 31.1 Å². The monoisotopic (exact) mass is 264 g/mol. The molecule has 0 aromatic heterocycles. The Morgan fingerprint density at radius 2 is 1.95 bits per heavy atom. The van der Waals surface area contributed by atoms with Crippen LogP contribution >= 0.6 is 0 Å². The molecule has 3 heteroatoms. The minimum Gasteiger partial charge on any atom is -0.494 e. The van der Waals surface area contributed by atoms with Crippen molar-refractivity contribution in [2.24, 2.45) is 5.73 Å².